The summed E-state index contributed by atoms with van der Waals surface area (Å²) >= 11 is 0. The molecule has 2 aromatic carbocycles. The van der Waals surface area contributed by atoms with Gasteiger partial charge in [-0.15, -0.1) is 0 Å². The maximum atomic E-state index is 13.3. The van der Waals surface area contributed by atoms with E-state index in [2.05, 4.69) is 0 Å². The Morgan fingerprint density at radius 3 is 2.71 bits per heavy atom. The zero-order valence-electron chi connectivity index (χ0n) is 11.5. The number of benzene rings is 2. The van der Waals surface area contributed by atoms with Crippen molar-refractivity contribution in [3.8, 4) is 5.75 Å². The van der Waals surface area contributed by atoms with Gasteiger partial charge in [0.05, 0.1) is 10.5 Å². The number of rotatable bonds is 5. The van der Waals surface area contributed by atoms with E-state index in [1.807, 2.05) is 0 Å². The number of nitro benzene ring substituents is 1. The van der Waals surface area contributed by atoms with Crippen molar-refractivity contribution in [3.63, 3.8) is 0 Å². The van der Waals surface area contributed by atoms with E-state index < -0.39 is 10.7 Å². The van der Waals surface area contributed by atoms with Crippen LogP contribution in [-0.4, -0.2) is 4.92 Å². The molecule has 21 heavy (non-hydrogen) atoms. The summed E-state index contributed by atoms with van der Waals surface area (Å²) in [5.74, 6) is -0.153. The van der Waals surface area contributed by atoms with E-state index in [9.17, 15) is 14.5 Å². The van der Waals surface area contributed by atoms with Gasteiger partial charge in [-0.3, -0.25) is 10.1 Å². The van der Waals surface area contributed by atoms with Crippen molar-refractivity contribution in [1.29, 1.82) is 0 Å². The van der Waals surface area contributed by atoms with Crippen LogP contribution in [0.2, 0.25) is 0 Å². The van der Waals surface area contributed by atoms with E-state index in [0.717, 1.165) is 0 Å². The van der Waals surface area contributed by atoms with Crippen LogP contribution in [0, 0.1) is 15.9 Å². The van der Waals surface area contributed by atoms with Gasteiger partial charge in [-0.25, -0.2) is 4.39 Å². The Bertz CT molecular complexity index is 659. The number of nitro groups is 1. The second kappa shape index (κ2) is 6.32. The molecule has 0 aliphatic rings. The van der Waals surface area contributed by atoms with Crippen LogP contribution in [-0.2, 0) is 6.61 Å². The first kappa shape index (κ1) is 14.9. The minimum Gasteiger partial charge on any atom is -0.488 e. The molecule has 1 unspecified atom stereocenters. The molecule has 0 aliphatic carbocycles. The van der Waals surface area contributed by atoms with Crippen molar-refractivity contribution in [1.82, 2.24) is 0 Å². The minimum absolute atomic E-state index is 0.0275. The predicted molar refractivity (Wildman–Crippen MR) is 76.4 cm³/mol. The van der Waals surface area contributed by atoms with Gasteiger partial charge in [0.15, 0.2) is 0 Å². The van der Waals surface area contributed by atoms with Gasteiger partial charge < -0.3 is 10.5 Å². The van der Waals surface area contributed by atoms with Crippen LogP contribution in [0.4, 0.5) is 10.1 Å². The first-order valence-electron chi connectivity index (χ1n) is 6.39. The van der Waals surface area contributed by atoms with Gasteiger partial charge in [0.25, 0.3) is 5.69 Å². The summed E-state index contributed by atoms with van der Waals surface area (Å²) in [6, 6.07) is 10.0. The Morgan fingerprint density at radius 2 is 2.05 bits per heavy atom. The molecular weight excluding hydrogens is 275 g/mol. The molecule has 0 aromatic heterocycles. The number of halogens is 1. The standard InChI is InChI=1S/C15H15FN2O3/c1-10(17)13-7-6-12(16)8-15(13)21-9-11-4-2-3-5-14(11)18(19)20/h2-8,10H,9,17H2,1H3. The third kappa shape index (κ3) is 3.55. The smallest absolute Gasteiger partial charge is 0.276 e. The van der Waals surface area contributed by atoms with E-state index in [0.29, 0.717) is 16.9 Å². The van der Waals surface area contributed by atoms with Crippen molar-refractivity contribution in [2.24, 2.45) is 5.73 Å². The molecule has 0 fully saturated rings. The van der Waals surface area contributed by atoms with Gasteiger partial charge in [-0.05, 0) is 19.1 Å². The number of para-hydroxylation sites is 1. The van der Waals surface area contributed by atoms with Gasteiger partial charge >= 0.3 is 0 Å². The van der Waals surface area contributed by atoms with Crippen LogP contribution < -0.4 is 10.5 Å². The zero-order valence-corrected chi connectivity index (χ0v) is 11.5. The molecule has 5 nitrogen and oxygen atoms in total. The monoisotopic (exact) mass is 290 g/mol. The molecule has 1 atom stereocenters. The average Bonchev–Trinajstić information content (AvgIpc) is 2.45. The Morgan fingerprint density at radius 1 is 1.33 bits per heavy atom. The van der Waals surface area contributed by atoms with Crippen LogP contribution >= 0.6 is 0 Å². The Kier molecular flexibility index (Phi) is 4.49. The summed E-state index contributed by atoms with van der Waals surface area (Å²) in [5, 5.41) is 10.9. The maximum Gasteiger partial charge on any atom is 0.276 e. The van der Waals surface area contributed by atoms with Gasteiger partial charge in [0, 0.05) is 23.7 Å². The largest absolute Gasteiger partial charge is 0.488 e. The lowest BCUT2D eigenvalue weighted by atomic mass is 10.1. The highest BCUT2D eigenvalue weighted by atomic mass is 19.1. The zero-order chi connectivity index (χ0) is 15.4. The van der Waals surface area contributed by atoms with E-state index >= 15 is 0 Å². The SMILES string of the molecule is CC(N)c1ccc(F)cc1OCc1ccccc1[N+](=O)[O-]. The van der Waals surface area contributed by atoms with Gasteiger partial charge in [-0.1, -0.05) is 18.2 Å². The van der Waals surface area contributed by atoms with Crippen molar-refractivity contribution in [3.05, 3.63) is 69.5 Å². The van der Waals surface area contributed by atoms with E-state index in [1.165, 1.54) is 18.2 Å². The van der Waals surface area contributed by atoms with Crippen LogP contribution in [0.15, 0.2) is 42.5 Å². The summed E-state index contributed by atoms with van der Waals surface area (Å²) < 4.78 is 18.8. The number of hydrogen-bond acceptors (Lipinski definition) is 4. The van der Waals surface area contributed by atoms with Gasteiger partial charge in [0.1, 0.15) is 18.2 Å². The molecule has 2 aromatic rings. The predicted octanol–water partition coefficient (Wildman–Crippen LogP) is 3.33. The number of hydrogen-bond donors (Lipinski definition) is 1. The molecule has 0 amide bonds. The molecule has 0 saturated carbocycles. The van der Waals surface area contributed by atoms with Gasteiger partial charge in [0.2, 0.25) is 0 Å². The maximum absolute atomic E-state index is 13.3. The lowest BCUT2D eigenvalue weighted by molar-refractivity contribution is -0.385. The van der Waals surface area contributed by atoms with E-state index in [-0.39, 0.29) is 18.3 Å². The van der Waals surface area contributed by atoms with Crippen molar-refractivity contribution in [2.45, 2.75) is 19.6 Å². The second-order valence-corrected chi connectivity index (χ2v) is 4.65. The first-order chi connectivity index (χ1) is 9.99. The highest BCUT2D eigenvalue weighted by Crippen LogP contribution is 2.27. The molecule has 0 radical (unpaired) electrons. The lowest BCUT2D eigenvalue weighted by Gasteiger charge is -2.14. The Labute approximate surface area is 121 Å². The average molecular weight is 290 g/mol. The fraction of sp³-hybridized carbons (Fsp3) is 0.200. The third-order valence-corrected chi connectivity index (χ3v) is 3.04. The number of ether oxygens (including phenoxy) is 1. The van der Waals surface area contributed by atoms with Crippen LogP contribution in [0.5, 0.6) is 5.75 Å². The molecule has 0 heterocycles. The molecule has 0 aliphatic heterocycles. The summed E-state index contributed by atoms with van der Waals surface area (Å²) in [5.41, 5.74) is 6.84. The molecule has 110 valence electrons. The molecule has 2 N–H and O–H groups in total. The minimum atomic E-state index is -0.475. The fourth-order valence-electron chi connectivity index (χ4n) is 1.98. The molecule has 2 rings (SSSR count). The van der Waals surface area contributed by atoms with Gasteiger partial charge in [-0.2, -0.15) is 0 Å². The molecule has 6 heteroatoms. The normalized spacial score (nSPS) is 12.0. The first-order valence-corrected chi connectivity index (χ1v) is 6.39. The molecule has 0 saturated heterocycles. The second-order valence-electron chi connectivity index (χ2n) is 4.65. The molecule has 0 bridgehead atoms. The molecular formula is C15H15FN2O3. The molecule has 0 spiro atoms. The quantitative estimate of drug-likeness (QED) is 0.676. The highest BCUT2D eigenvalue weighted by Gasteiger charge is 2.15. The summed E-state index contributed by atoms with van der Waals surface area (Å²) in [6.45, 7) is 1.73. The Balaban J connectivity index is 2.24. The van der Waals surface area contributed by atoms with Crippen molar-refractivity contribution < 1.29 is 14.1 Å². The topological polar surface area (TPSA) is 78.4 Å². The van der Waals surface area contributed by atoms with Crippen LogP contribution in [0.25, 0.3) is 0 Å². The van der Waals surface area contributed by atoms with Crippen molar-refractivity contribution >= 4 is 5.69 Å². The summed E-state index contributed by atoms with van der Waals surface area (Å²) in [7, 11) is 0. The third-order valence-electron chi connectivity index (χ3n) is 3.04. The van der Waals surface area contributed by atoms with E-state index in [4.69, 9.17) is 10.5 Å². The fourth-order valence-corrected chi connectivity index (χ4v) is 1.98. The van der Waals surface area contributed by atoms with Crippen molar-refractivity contribution in [2.75, 3.05) is 0 Å². The summed E-state index contributed by atoms with van der Waals surface area (Å²) in [6.07, 6.45) is 0. The van der Waals surface area contributed by atoms with E-state index in [1.54, 1.807) is 31.2 Å². The highest BCUT2D eigenvalue weighted by molar-refractivity contribution is 5.41. The number of nitrogens with zero attached hydrogens (tertiary/aromatic N) is 1. The van der Waals surface area contributed by atoms with Crippen LogP contribution in [0.1, 0.15) is 24.1 Å². The number of nitrogens with two attached hydrogens (primary N) is 1. The summed E-state index contributed by atoms with van der Waals surface area (Å²) in [4.78, 5) is 10.5. The Hall–Kier alpha value is -2.47. The lowest BCUT2D eigenvalue weighted by Crippen LogP contribution is -2.09. The van der Waals surface area contributed by atoms with Crippen LogP contribution in [0.3, 0.4) is 0 Å².